The van der Waals surface area contributed by atoms with Crippen molar-refractivity contribution in [3.05, 3.63) is 46.7 Å². The van der Waals surface area contributed by atoms with Gasteiger partial charge in [-0.2, -0.15) is 0 Å². The lowest BCUT2D eigenvalue weighted by Crippen LogP contribution is -2.20. The van der Waals surface area contributed by atoms with Crippen LogP contribution in [0.2, 0.25) is 0 Å². The number of methoxy groups -OCH3 is 2. The minimum absolute atomic E-state index is 0.0219. The second kappa shape index (κ2) is 4.95. The maximum absolute atomic E-state index is 10.2. The molecule has 6 heteroatoms. The van der Waals surface area contributed by atoms with Gasteiger partial charge in [0.15, 0.2) is 16.5 Å². The molecule has 0 amide bonds. The summed E-state index contributed by atoms with van der Waals surface area (Å²) in [5.74, 6) is 1.75. The van der Waals surface area contributed by atoms with Crippen LogP contribution in [0.25, 0.3) is 17.0 Å². The highest BCUT2D eigenvalue weighted by molar-refractivity contribution is 5.85. The largest absolute Gasteiger partial charge is 0.507 e. The molecule has 2 heterocycles. The van der Waals surface area contributed by atoms with E-state index in [0.29, 0.717) is 39.0 Å². The van der Waals surface area contributed by atoms with Crippen molar-refractivity contribution in [2.24, 2.45) is 5.16 Å². The summed E-state index contributed by atoms with van der Waals surface area (Å²) < 4.78 is 16.1. The van der Waals surface area contributed by atoms with E-state index in [1.165, 1.54) is 13.2 Å². The zero-order valence-electron chi connectivity index (χ0n) is 12.5. The molecule has 0 unspecified atom stereocenters. The van der Waals surface area contributed by atoms with Crippen molar-refractivity contribution in [1.29, 1.82) is 0 Å². The minimum Gasteiger partial charge on any atom is -0.507 e. The third-order valence-electron chi connectivity index (χ3n) is 3.72. The maximum Gasteiger partial charge on any atom is 0.169 e. The number of nitrogens with zero attached hydrogens (tertiary/aromatic N) is 1. The van der Waals surface area contributed by atoms with Crippen molar-refractivity contribution < 1.29 is 23.8 Å². The Balaban J connectivity index is 2.01. The highest BCUT2D eigenvalue weighted by atomic mass is 16.6. The van der Waals surface area contributed by atoms with Crippen molar-refractivity contribution in [1.82, 2.24) is 0 Å². The van der Waals surface area contributed by atoms with Crippen LogP contribution in [-0.2, 0) is 0 Å². The number of ether oxygens (including phenoxy) is 2. The van der Waals surface area contributed by atoms with Gasteiger partial charge in [0.05, 0.1) is 19.6 Å². The summed E-state index contributed by atoms with van der Waals surface area (Å²) >= 11 is 0. The first-order chi connectivity index (χ1) is 11.2. The Kier molecular flexibility index (Phi) is 2.90. The Hall–Kier alpha value is -3.15. The van der Waals surface area contributed by atoms with Gasteiger partial charge in [0.2, 0.25) is 0 Å². The average Bonchev–Trinajstić information content (AvgIpc) is 2.81. The summed E-state index contributed by atoms with van der Waals surface area (Å²) in [6.45, 7) is 0. The molecule has 1 aromatic heterocycles. The predicted octanol–water partition coefficient (Wildman–Crippen LogP) is 1.91. The van der Waals surface area contributed by atoms with Gasteiger partial charge in [-0.05, 0) is 18.2 Å². The number of phenols is 1. The molecule has 6 nitrogen and oxygen atoms in total. The number of hydrogen-bond donors (Lipinski definition) is 1. The lowest BCUT2D eigenvalue weighted by atomic mass is 10.1. The van der Waals surface area contributed by atoms with Gasteiger partial charge in [-0.1, -0.05) is 5.16 Å². The molecule has 0 aliphatic carbocycles. The van der Waals surface area contributed by atoms with Gasteiger partial charge in [0.25, 0.3) is 0 Å². The highest BCUT2D eigenvalue weighted by Gasteiger charge is 2.16. The van der Waals surface area contributed by atoms with E-state index in [2.05, 4.69) is 5.16 Å². The van der Waals surface area contributed by atoms with Crippen molar-refractivity contribution in [3.8, 4) is 23.0 Å². The SMILES string of the molecule is COc1ccc2c(c1)ON=c1c(oc3cc(OC)cc(O)c13)=C2. The molecule has 0 atom stereocenters. The van der Waals surface area contributed by atoms with E-state index in [4.69, 9.17) is 18.7 Å². The molecule has 0 bridgehead atoms. The predicted molar refractivity (Wildman–Crippen MR) is 82.4 cm³/mol. The van der Waals surface area contributed by atoms with Gasteiger partial charge in [-0.25, -0.2) is 0 Å². The van der Waals surface area contributed by atoms with Crippen LogP contribution in [0.1, 0.15) is 5.56 Å². The zero-order chi connectivity index (χ0) is 16.0. The van der Waals surface area contributed by atoms with Gasteiger partial charge in [0, 0.05) is 23.8 Å². The van der Waals surface area contributed by atoms with Crippen LogP contribution in [0.4, 0.5) is 0 Å². The fourth-order valence-electron chi connectivity index (χ4n) is 2.57. The topological polar surface area (TPSA) is 73.4 Å². The Morgan fingerprint density at radius 2 is 1.87 bits per heavy atom. The Morgan fingerprint density at radius 1 is 1.04 bits per heavy atom. The molecule has 4 rings (SSSR count). The summed E-state index contributed by atoms with van der Waals surface area (Å²) in [7, 11) is 3.11. The van der Waals surface area contributed by atoms with E-state index < -0.39 is 0 Å². The van der Waals surface area contributed by atoms with Crippen LogP contribution >= 0.6 is 0 Å². The molecule has 23 heavy (non-hydrogen) atoms. The summed E-state index contributed by atoms with van der Waals surface area (Å²) in [5, 5.41) is 15.3. The first-order valence-electron chi connectivity index (χ1n) is 6.94. The van der Waals surface area contributed by atoms with Crippen LogP contribution < -0.4 is 25.1 Å². The minimum atomic E-state index is 0.0219. The van der Waals surface area contributed by atoms with Crippen molar-refractivity contribution in [3.63, 3.8) is 0 Å². The van der Waals surface area contributed by atoms with Gasteiger partial charge in [0.1, 0.15) is 22.8 Å². The number of rotatable bonds is 2. The second-order valence-electron chi connectivity index (χ2n) is 5.07. The average molecular weight is 311 g/mol. The van der Waals surface area contributed by atoms with Crippen LogP contribution in [0, 0.1) is 0 Å². The zero-order valence-corrected chi connectivity index (χ0v) is 12.5. The lowest BCUT2D eigenvalue weighted by Gasteiger charge is -2.05. The third kappa shape index (κ3) is 2.07. The first-order valence-corrected chi connectivity index (χ1v) is 6.94. The summed E-state index contributed by atoms with van der Waals surface area (Å²) in [6, 6.07) is 8.63. The number of benzene rings is 2. The van der Waals surface area contributed by atoms with Crippen LogP contribution in [0.5, 0.6) is 23.0 Å². The van der Waals surface area contributed by atoms with E-state index in [-0.39, 0.29) is 5.75 Å². The molecule has 0 saturated heterocycles. The molecular weight excluding hydrogens is 298 g/mol. The van der Waals surface area contributed by atoms with E-state index >= 15 is 0 Å². The van der Waals surface area contributed by atoms with Crippen LogP contribution in [-0.4, -0.2) is 19.3 Å². The Labute approximate surface area is 130 Å². The maximum atomic E-state index is 10.2. The summed E-state index contributed by atoms with van der Waals surface area (Å²) in [5.41, 5.74) is 1.79. The van der Waals surface area contributed by atoms with Gasteiger partial charge < -0.3 is 23.8 Å². The Bertz CT molecular complexity index is 1040. The smallest absolute Gasteiger partial charge is 0.169 e. The molecular formula is C17H13NO5. The quantitative estimate of drug-likeness (QED) is 0.782. The second-order valence-corrected chi connectivity index (χ2v) is 5.07. The molecule has 1 aliphatic rings. The number of aromatic hydroxyl groups is 1. The van der Waals surface area contributed by atoms with Crippen LogP contribution in [0.3, 0.4) is 0 Å². The van der Waals surface area contributed by atoms with E-state index in [0.717, 1.165) is 5.56 Å². The van der Waals surface area contributed by atoms with Crippen LogP contribution in [0.15, 0.2) is 39.9 Å². The monoisotopic (exact) mass is 311 g/mol. The fourth-order valence-corrected chi connectivity index (χ4v) is 2.57. The molecule has 116 valence electrons. The van der Waals surface area contributed by atoms with Gasteiger partial charge >= 0.3 is 0 Å². The number of hydrogen-bond acceptors (Lipinski definition) is 6. The molecule has 1 aliphatic heterocycles. The fraction of sp³-hybridized carbons (Fsp3) is 0.118. The van der Waals surface area contributed by atoms with Gasteiger partial charge in [-0.15, -0.1) is 0 Å². The molecule has 1 N–H and O–H groups in total. The summed E-state index contributed by atoms with van der Waals surface area (Å²) in [4.78, 5) is 5.51. The Morgan fingerprint density at radius 3 is 2.65 bits per heavy atom. The van der Waals surface area contributed by atoms with Crippen molar-refractivity contribution in [2.75, 3.05) is 14.2 Å². The van der Waals surface area contributed by atoms with Crippen molar-refractivity contribution in [2.45, 2.75) is 0 Å². The summed E-state index contributed by atoms with van der Waals surface area (Å²) in [6.07, 6.45) is 1.81. The molecule has 0 fully saturated rings. The third-order valence-corrected chi connectivity index (χ3v) is 3.72. The lowest BCUT2D eigenvalue weighted by molar-refractivity contribution is 0.321. The highest BCUT2D eigenvalue weighted by Crippen LogP contribution is 2.29. The number of phenolic OH excluding ortho intramolecular Hbond substituents is 1. The molecule has 0 radical (unpaired) electrons. The molecule has 3 aromatic rings. The number of furan rings is 1. The van der Waals surface area contributed by atoms with E-state index in [1.807, 2.05) is 18.2 Å². The molecule has 2 aromatic carbocycles. The first kappa shape index (κ1) is 13.5. The van der Waals surface area contributed by atoms with Gasteiger partial charge in [-0.3, -0.25) is 0 Å². The van der Waals surface area contributed by atoms with Crippen molar-refractivity contribution >= 4 is 17.0 Å². The molecule has 0 saturated carbocycles. The molecule has 0 spiro atoms. The van der Waals surface area contributed by atoms with E-state index in [9.17, 15) is 5.11 Å². The standard InChI is InChI=1S/C17H13NO5/c1-20-10-4-3-9-5-15-17(18-23-13(9)7-10)16-12(19)6-11(21-2)8-14(16)22-15/h3-8,19H,1-2H3. The number of fused-ring (bicyclic) bond motifs is 4. The van der Waals surface area contributed by atoms with E-state index in [1.54, 1.807) is 19.2 Å². The normalized spacial score (nSPS) is 12.3.